The molecule has 0 unspecified atom stereocenters. The minimum atomic E-state index is -1.38. The summed E-state index contributed by atoms with van der Waals surface area (Å²) >= 11 is 5.89. The number of halogens is 1. The molecule has 0 fully saturated rings. The first kappa shape index (κ1) is 14.8. The van der Waals surface area contributed by atoms with Gasteiger partial charge in [-0.25, -0.2) is 4.79 Å². The molecule has 2 rings (SSSR count). The van der Waals surface area contributed by atoms with Crippen molar-refractivity contribution in [2.24, 2.45) is 0 Å². The van der Waals surface area contributed by atoms with Gasteiger partial charge in [-0.15, -0.1) is 0 Å². The van der Waals surface area contributed by atoms with Gasteiger partial charge in [0.2, 0.25) is 0 Å². The summed E-state index contributed by atoms with van der Waals surface area (Å²) in [7, 11) is 0. The highest BCUT2D eigenvalue weighted by molar-refractivity contribution is 6.33. The second-order valence-electron chi connectivity index (χ2n) is 4.00. The number of carboxylic acid groups (broad SMARTS) is 1. The monoisotopic (exact) mass is 311 g/mol. The highest BCUT2D eigenvalue weighted by Gasteiger charge is 2.22. The van der Waals surface area contributed by atoms with E-state index in [9.17, 15) is 14.9 Å². The van der Waals surface area contributed by atoms with Gasteiger partial charge in [0, 0.05) is 18.7 Å². The van der Waals surface area contributed by atoms with Crippen molar-refractivity contribution in [3.05, 3.63) is 45.2 Å². The number of rotatable bonds is 5. The van der Waals surface area contributed by atoms with Crippen LogP contribution in [0, 0.1) is 10.1 Å². The molecule has 110 valence electrons. The molecular formula is C12H10ClN3O5. The van der Waals surface area contributed by atoms with Crippen molar-refractivity contribution in [2.45, 2.75) is 13.5 Å². The molecule has 1 aromatic heterocycles. The summed E-state index contributed by atoms with van der Waals surface area (Å²) < 4.78 is 6.98. The standard InChI is InChI=1S/C12H10ClN3O5/c1-2-15-6-8(5-14-15)21-11-9(12(17)18)3-7(16(19)20)4-10(11)13/h3-6H,2H2,1H3,(H,17,18). The number of aromatic nitrogens is 2. The van der Waals surface area contributed by atoms with Crippen molar-refractivity contribution in [1.82, 2.24) is 9.78 Å². The van der Waals surface area contributed by atoms with Gasteiger partial charge in [-0.3, -0.25) is 14.8 Å². The summed E-state index contributed by atoms with van der Waals surface area (Å²) in [4.78, 5) is 21.2. The molecule has 1 N–H and O–H groups in total. The van der Waals surface area contributed by atoms with E-state index in [2.05, 4.69) is 5.10 Å². The van der Waals surface area contributed by atoms with Crippen molar-refractivity contribution in [2.75, 3.05) is 0 Å². The zero-order valence-electron chi connectivity index (χ0n) is 10.8. The molecule has 1 aromatic carbocycles. The Morgan fingerprint density at radius 3 is 2.81 bits per heavy atom. The lowest BCUT2D eigenvalue weighted by Gasteiger charge is -2.08. The third kappa shape index (κ3) is 3.11. The minimum Gasteiger partial charge on any atom is -0.478 e. The lowest BCUT2D eigenvalue weighted by atomic mass is 10.2. The molecule has 9 heteroatoms. The number of carboxylic acids is 1. The topological polar surface area (TPSA) is 107 Å². The third-order valence-electron chi connectivity index (χ3n) is 2.62. The predicted molar refractivity (Wildman–Crippen MR) is 73.0 cm³/mol. The Kier molecular flexibility index (Phi) is 4.08. The summed E-state index contributed by atoms with van der Waals surface area (Å²) in [6.07, 6.45) is 2.95. The van der Waals surface area contributed by atoms with Gasteiger partial charge in [0.15, 0.2) is 11.5 Å². The predicted octanol–water partition coefficient (Wildman–Crippen LogP) is 2.96. The van der Waals surface area contributed by atoms with E-state index in [1.807, 2.05) is 6.92 Å². The maximum Gasteiger partial charge on any atom is 0.339 e. The number of hydrogen-bond acceptors (Lipinski definition) is 5. The molecule has 0 saturated heterocycles. The van der Waals surface area contributed by atoms with Gasteiger partial charge in [0.05, 0.1) is 22.3 Å². The van der Waals surface area contributed by atoms with E-state index in [1.54, 1.807) is 10.9 Å². The second-order valence-corrected chi connectivity index (χ2v) is 4.41. The molecule has 0 aliphatic heterocycles. The highest BCUT2D eigenvalue weighted by atomic mass is 35.5. The van der Waals surface area contributed by atoms with Crippen LogP contribution in [0.3, 0.4) is 0 Å². The summed E-state index contributed by atoms with van der Waals surface area (Å²) in [5.41, 5.74) is -0.813. The third-order valence-corrected chi connectivity index (χ3v) is 2.90. The number of nitro groups is 1. The number of ether oxygens (including phenoxy) is 1. The van der Waals surface area contributed by atoms with Crippen molar-refractivity contribution in [3.8, 4) is 11.5 Å². The minimum absolute atomic E-state index is 0.161. The van der Waals surface area contributed by atoms with E-state index in [0.29, 0.717) is 6.54 Å². The fourth-order valence-corrected chi connectivity index (χ4v) is 1.89. The van der Waals surface area contributed by atoms with E-state index in [1.165, 1.54) is 6.20 Å². The number of carbonyl (C=O) groups is 1. The Morgan fingerprint density at radius 2 is 2.29 bits per heavy atom. The maximum absolute atomic E-state index is 11.2. The molecule has 0 amide bonds. The van der Waals surface area contributed by atoms with Crippen LogP contribution in [0.2, 0.25) is 5.02 Å². The number of non-ortho nitro benzene ring substituents is 1. The van der Waals surface area contributed by atoms with E-state index in [4.69, 9.17) is 21.4 Å². The van der Waals surface area contributed by atoms with Crippen LogP contribution in [-0.2, 0) is 6.54 Å². The van der Waals surface area contributed by atoms with Gasteiger partial charge in [0.25, 0.3) is 5.69 Å². The molecule has 0 atom stereocenters. The van der Waals surface area contributed by atoms with Crippen LogP contribution >= 0.6 is 11.6 Å². The number of benzene rings is 1. The van der Waals surface area contributed by atoms with E-state index in [0.717, 1.165) is 12.1 Å². The molecule has 0 bridgehead atoms. The molecule has 0 aliphatic carbocycles. The first-order valence-electron chi connectivity index (χ1n) is 5.84. The van der Waals surface area contributed by atoms with E-state index in [-0.39, 0.29) is 16.5 Å². The van der Waals surface area contributed by atoms with Gasteiger partial charge in [-0.1, -0.05) is 11.6 Å². The number of hydrogen-bond donors (Lipinski definition) is 1. The smallest absolute Gasteiger partial charge is 0.339 e. The van der Waals surface area contributed by atoms with Gasteiger partial charge in [-0.2, -0.15) is 5.10 Å². The second kappa shape index (κ2) is 5.80. The summed E-state index contributed by atoms with van der Waals surface area (Å²) in [6, 6.07) is 1.93. The van der Waals surface area contributed by atoms with Crippen LogP contribution in [-0.4, -0.2) is 25.8 Å². The van der Waals surface area contributed by atoms with Crippen LogP contribution in [0.25, 0.3) is 0 Å². The molecule has 2 aromatic rings. The van der Waals surface area contributed by atoms with Crippen LogP contribution in [0.5, 0.6) is 11.5 Å². The molecule has 1 heterocycles. The van der Waals surface area contributed by atoms with E-state index < -0.39 is 22.1 Å². The van der Waals surface area contributed by atoms with Crippen LogP contribution < -0.4 is 4.74 Å². The number of nitrogens with zero attached hydrogens (tertiary/aromatic N) is 3. The molecule has 8 nitrogen and oxygen atoms in total. The fourth-order valence-electron chi connectivity index (χ4n) is 1.64. The first-order chi connectivity index (χ1) is 9.92. The number of aromatic carboxylic acids is 1. The van der Waals surface area contributed by atoms with Crippen molar-refractivity contribution < 1.29 is 19.6 Å². The lowest BCUT2D eigenvalue weighted by Crippen LogP contribution is -2.02. The molecule has 21 heavy (non-hydrogen) atoms. The average Bonchev–Trinajstić information content (AvgIpc) is 2.88. The van der Waals surface area contributed by atoms with E-state index >= 15 is 0 Å². The normalized spacial score (nSPS) is 10.4. The number of nitro benzene ring substituents is 1. The molecular weight excluding hydrogens is 302 g/mol. The van der Waals surface area contributed by atoms with Gasteiger partial charge >= 0.3 is 5.97 Å². The lowest BCUT2D eigenvalue weighted by molar-refractivity contribution is -0.384. The zero-order chi connectivity index (χ0) is 15.6. The Labute approximate surface area is 123 Å². The Morgan fingerprint density at radius 1 is 1.57 bits per heavy atom. The van der Waals surface area contributed by atoms with Gasteiger partial charge in [0.1, 0.15) is 5.56 Å². The van der Waals surface area contributed by atoms with Crippen molar-refractivity contribution >= 4 is 23.3 Å². The fraction of sp³-hybridized carbons (Fsp3) is 0.167. The molecule has 0 radical (unpaired) electrons. The Bertz CT molecular complexity index is 713. The van der Waals surface area contributed by atoms with Crippen LogP contribution in [0.1, 0.15) is 17.3 Å². The Balaban J connectivity index is 2.46. The molecule has 0 aliphatic rings. The van der Waals surface area contributed by atoms with Crippen LogP contribution in [0.4, 0.5) is 5.69 Å². The largest absolute Gasteiger partial charge is 0.478 e. The molecule has 0 spiro atoms. The highest BCUT2D eigenvalue weighted by Crippen LogP contribution is 2.36. The quantitative estimate of drug-likeness (QED) is 0.672. The Hall–Kier alpha value is -2.61. The SMILES string of the molecule is CCn1cc(Oc2c(Cl)cc([N+](=O)[O-])cc2C(=O)O)cn1. The number of aryl methyl sites for hydroxylation is 1. The zero-order valence-corrected chi connectivity index (χ0v) is 11.6. The van der Waals surface area contributed by atoms with Crippen molar-refractivity contribution in [3.63, 3.8) is 0 Å². The summed E-state index contributed by atoms with van der Waals surface area (Å²) in [5, 5.41) is 23.7. The van der Waals surface area contributed by atoms with Gasteiger partial charge < -0.3 is 9.84 Å². The summed E-state index contributed by atoms with van der Waals surface area (Å²) in [5.74, 6) is -1.25. The summed E-state index contributed by atoms with van der Waals surface area (Å²) in [6.45, 7) is 2.49. The average molecular weight is 312 g/mol. The molecule has 0 saturated carbocycles. The first-order valence-corrected chi connectivity index (χ1v) is 6.21. The van der Waals surface area contributed by atoms with Crippen molar-refractivity contribution in [1.29, 1.82) is 0 Å². The van der Waals surface area contributed by atoms with Crippen LogP contribution in [0.15, 0.2) is 24.5 Å². The maximum atomic E-state index is 11.2. The van der Waals surface area contributed by atoms with Gasteiger partial charge in [-0.05, 0) is 6.92 Å².